The maximum atomic E-state index is 3.13. The van der Waals surface area contributed by atoms with Gasteiger partial charge in [-0.1, -0.05) is 76.9 Å². The second kappa shape index (κ2) is 14.5. The maximum Gasteiger partial charge on any atom is -0.0348 e. The van der Waals surface area contributed by atoms with Gasteiger partial charge in [0.1, 0.15) is 0 Å². The summed E-state index contributed by atoms with van der Waals surface area (Å²) in [7, 11) is 0. The van der Waals surface area contributed by atoms with Crippen LogP contribution >= 0.6 is 0 Å². The van der Waals surface area contributed by atoms with Crippen LogP contribution in [0.15, 0.2) is 17.7 Å². The van der Waals surface area contributed by atoms with E-state index < -0.39 is 0 Å². The fourth-order valence-electron chi connectivity index (χ4n) is 2.09. The molecule has 0 aliphatic heterocycles. The first-order valence-electron chi connectivity index (χ1n) is 7.99. The smallest absolute Gasteiger partial charge is 0.0348 e. The minimum absolute atomic E-state index is 1.23. The highest BCUT2D eigenvalue weighted by atomic mass is 14.0. The van der Waals surface area contributed by atoms with Crippen molar-refractivity contribution < 1.29 is 0 Å². The number of hydrogen-bond acceptors (Lipinski definition) is 0. The van der Waals surface area contributed by atoms with Crippen molar-refractivity contribution in [3.8, 4) is 0 Å². The van der Waals surface area contributed by atoms with Crippen LogP contribution < -0.4 is 0 Å². The third kappa shape index (κ3) is 13.5. The number of hydrogen-bond donors (Lipinski definition) is 0. The highest BCUT2D eigenvalue weighted by Gasteiger charge is 1.91. The fraction of sp³-hybridized carbons (Fsp3) is 0.778. The van der Waals surface area contributed by atoms with Crippen molar-refractivity contribution in [3.05, 3.63) is 23.8 Å². The zero-order chi connectivity index (χ0) is 13.5. The molecule has 105 valence electrons. The predicted molar refractivity (Wildman–Crippen MR) is 83.7 cm³/mol. The third-order valence-electron chi connectivity index (χ3n) is 3.49. The average molecular weight is 249 g/mol. The van der Waals surface area contributed by atoms with E-state index in [4.69, 9.17) is 0 Å². The highest BCUT2D eigenvalue weighted by molar-refractivity contribution is 5.11. The Bertz CT molecular complexity index is 210. The van der Waals surface area contributed by atoms with E-state index in [1.54, 1.807) is 0 Å². The van der Waals surface area contributed by atoms with Gasteiger partial charge in [0.15, 0.2) is 0 Å². The summed E-state index contributed by atoms with van der Waals surface area (Å²) in [4.78, 5) is 0. The van der Waals surface area contributed by atoms with E-state index in [1.165, 1.54) is 76.2 Å². The number of rotatable bonds is 12. The van der Waals surface area contributed by atoms with Crippen molar-refractivity contribution in [1.82, 2.24) is 0 Å². The van der Waals surface area contributed by atoms with Gasteiger partial charge in [0.05, 0.1) is 0 Å². The molecule has 0 fully saturated rings. The van der Waals surface area contributed by atoms with Crippen LogP contribution in [0.1, 0.15) is 91.4 Å². The van der Waals surface area contributed by atoms with Crippen molar-refractivity contribution >= 4 is 0 Å². The second-order valence-electron chi connectivity index (χ2n) is 5.31. The van der Waals surface area contributed by atoms with Crippen LogP contribution in [0.3, 0.4) is 0 Å². The minimum Gasteiger partial charge on any atom is -0.0843 e. The van der Waals surface area contributed by atoms with Crippen LogP contribution in [0.4, 0.5) is 0 Å². The second-order valence-corrected chi connectivity index (χ2v) is 5.31. The molecule has 0 bridgehead atoms. The highest BCUT2D eigenvalue weighted by Crippen LogP contribution is 2.11. The summed E-state index contributed by atoms with van der Waals surface area (Å²) in [6, 6.07) is 0. The summed E-state index contributed by atoms with van der Waals surface area (Å²) in [5.74, 6) is 0. The van der Waals surface area contributed by atoms with Crippen LogP contribution in [0.2, 0.25) is 0 Å². The number of allylic oxidation sites excluding steroid dienone is 4. The molecule has 0 spiro atoms. The van der Waals surface area contributed by atoms with Crippen LogP contribution in [0.25, 0.3) is 0 Å². The normalized spacial score (nSPS) is 12.5. The Labute approximate surface area is 116 Å². The van der Waals surface area contributed by atoms with Crippen LogP contribution in [-0.4, -0.2) is 0 Å². The lowest BCUT2D eigenvalue weighted by Gasteiger charge is -2.01. The molecule has 0 aromatic carbocycles. The largest absolute Gasteiger partial charge is 0.0843 e. The lowest BCUT2D eigenvalue weighted by atomic mass is 10.1. The van der Waals surface area contributed by atoms with Gasteiger partial charge in [0.25, 0.3) is 0 Å². The Morgan fingerprint density at radius 1 is 0.833 bits per heavy atom. The molecule has 0 aliphatic rings. The van der Waals surface area contributed by atoms with Gasteiger partial charge in [-0.3, -0.25) is 0 Å². The lowest BCUT2D eigenvalue weighted by molar-refractivity contribution is 0.557. The van der Waals surface area contributed by atoms with E-state index in [0.29, 0.717) is 0 Å². The molecule has 0 unspecified atom stereocenters. The Balaban J connectivity index is 3.10. The molecule has 0 amide bonds. The summed E-state index contributed by atoms with van der Waals surface area (Å²) in [5.41, 5.74) is 1.25. The molecule has 0 saturated heterocycles. The van der Waals surface area contributed by atoms with Crippen LogP contribution in [-0.2, 0) is 0 Å². The molecule has 0 N–H and O–H groups in total. The zero-order valence-corrected chi connectivity index (χ0v) is 12.9. The van der Waals surface area contributed by atoms with E-state index in [-0.39, 0.29) is 0 Å². The first-order valence-corrected chi connectivity index (χ1v) is 7.99. The first-order chi connectivity index (χ1) is 8.81. The Morgan fingerprint density at radius 3 is 1.83 bits per heavy atom. The summed E-state index contributed by atoms with van der Waals surface area (Å²) in [6.45, 7) is 6.36. The molecule has 1 radical (unpaired) electrons. The standard InChI is InChI=1S/C18H33/c1-4-6-7-8-9-10-11-12-13-14-15-16-17-18(3)5-2/h16-17H,4,6-15H2,1-3H3/b17-16+,18-5?. The molecule has 0 nitrogen and oxygen atoms in total. The van der Waals surface area contributed by atoms with Crippen molar-refractivity contribution in [2.45, 2.75) is 91.4 Å². The van der Waals surface area contributed by atoms with Crippen molar-refractivity contribution in [2.24, 2.45) is 0 Å². The quantitative estimate of drug-likeness (QED) is 0.269. The summed E-state index contributed by atoms with van der Waals surface area (Å²) < 4.78 is 0. The maximum absolute atomic E-state index is 3.13. The molecule has 0 heteroatoms. The Kier molecular flexibility index (Phi) is 14.1. The first kappa shape index (κ1) is 17.5. The van der Waals surface area contributed by atoms with Crippen molar-refractivity contribution in [1.29, 1.82) is 0 Å². The lowest BCUT2D eigenvalue weighted by Crippen LogP contribution is -1.81. The molecule has 18 heavy (non-hydrogen) atoms. The monoisotopic (exact) mass is 249 g/mol. The molecular weight excluding hydrogens is 216 g/mol. The summed E-state index contributed by atoms with van der Waals surface area (Å²) >= 11 is 0. The molecule has 0 aromatic rings. The summed E-state index contributed by atoms with van der Waals surface area (Å²) in [6.07, 6.45) is 23.1. The fourth-order valence-corrected chi connectivity index (χ4v) is 2.09. The topological polar surface area (TPSA) is 0 Å². The molecule has 0 rings (SSSR count). The third-order valence-corrected chi connectivity index (χ3v) is 3.49. The molecule has 0 heterocycles. The van der Waals surface area contributed by atoms with E-state index in [9.17, 15) is 0 Å². The van der Waals surface area contributed by atoms with E-state index >= 15 is 0 Å². The Hall–Kier alpha value is -0.520. The Morgan fingerprint density at radius 2 is 1.33 bits per heavy atom. The predicted octanol–water partition coefficient (Wildman–Crippen LogP) is 6.62. The van der Waals surface area contributed by atoms with Crippen LogP contribution in [0.5, 0.6) is 0 Å². The van der Waals surface area contributed by atoms with Gasteiger partial charge in [0, 0.05) is 0 Å². The van der Waals surface area contributed by atoms with Gasteiger partial charge in [0.2, 0.25) is 0 Å². The van der Waals surface area contributed by atoms with Gasteiger partial charge in [-0.2, -0.15) is 0 Å². The van der Waals surface area contributed by atoms with Crippen molar-refractivity contribution in [3.63, 3.8) is 0 Å². The van der Waals surface area contributed by atoms with Crippen LogP contribution in [0, 0.1) is 6.08 Å². The minimum atomic E-state index is 1.23. The molecule has 0 aromatic heterocycles. The van der Waals surface area contributed by atoms with E-state index in [0.717, 1.165) is 0 Å². The van der Waals surface area contributed by atoms with E-state index in [2.05, 4.69) is 32.1 Å². The molecule has 0 atom stereocenters. The van der Waals surface area contributed by atoms with E-state index in [1.807, 2.05) is 6.92 Å². The van der Waals surface area contributed by atoms with Gasteiger partial charge in [-0.25, -0.2) is 0 Å². The van der Waals surface area contributed by atoms with Gasteiger partial charge < -0.3 is 0 Å². The zero-order valence-electron chi connectivity index (χ0n) is 12.9. The number of unbranched alkanes of at least 4 members (excludes halogenated alkanes) is 10. The SMILES string of the molecule is C/[C]=C(C)\C=C\CCCCCCCCCCCC. The molecule has 0 saturated carbocycles. The van der Waals surface area contributed by atoms with Gasteiger partial charge in [-0.15, -0.1) is 0 Å². The van der Waals surface area contributed by atoms with Gasteiger partial charge in [-0.05, 0) is 38.3 Å². The van der Waals surface area contributed by atoms with Crippen molar-refractivity contribution in [2.75, 3.05) is 0 Å². The average Bonchev–Trinajstić information content (AvgIpc) is 2.39. The summed E-state index contributed by atoms with van der Waals surface area (Å²) in [5, 5.41) is 0. The molecular formula is C18H33. The van der Waals surface area contributed by atoms with Gasteiger partial charge >= 0.3 is 0 Å². The molecule has 0 aliphatic carbocycles.